The number of anilines is 1. The maximum absolute atomic E-state index is 11.5. The summed E-state index contributed by atoms with van der Waals surface area (Å²) in [5, 5.41) is 5.60. The molecule has 4 nitrogen and oxygen atoms in total. The van der Waals surface area contributed by atoms with Crippen molar-refractivity contribution in [1.82, 2.24) is 5.32 Å². The van der Waals surface area contributed by atoms with Gasteiger partial charge in [0.2, 0.25) is 5.91 Å². The molecule has 17 heavy (non-hydrogen) atoms. The minimum absolute atomic E-state index is 0.0805. The summed E-state index contributed by atoms with van der Waals surface area (Å²) in [5.74, 6) is 1.05. The lowest BCUT2D eigenvalue weighted by molar-refractivity contribution is -0.115. The third kappa shape index (κ3) is 3.75. The first-order valence-electron chi connectivity index (χ1n) is 5.71. The lowest BCUT2D eigenvalue weighted by Gasteiger charge is -2.13. The summed E-state index contributed by atoms with van der Waals surface area (Å²) in [5.41, 5.74) is 1.89. The van der Waals surface area contributed by atoms with Crippen LogP contribution in [0.3, 0.4) is 0 Å². The van der Waals surface area contributed by atoms with E-state index in [4.69, 9.17) is 4.74 Å². The molecular weight excluding hydrogens is 216 g/mol. The predicted octanol–water partition coefficient (Wildman–Crippen LogP) is 1.98. The van der Waals surface area contributed by atoms with E-state index in [1.165, 1.54) is 5.56 Å². The molecule has 0 heterocycles. The first-order valence-corrected chi connectivity index (χ1v) is 5.71. The summed E-state index contributed by atoms with van der Waals surface area (Å²) in [6, 6.07) is 5.84. The Morgan fingerprint density at radius 2 is 2.12 bits per heavy atom. The van der Waals surface area contributed by atoms with Crippen LogP contribution in [0.2, 0.25) is 0 Å². The van der Waals surface area contributed by atoms with Gasteiger partial charge in [0.25, 0.3) is 0 Å². The third-order valence-corrected chi connectivity index (χ3v) is 2.50. The van der Waals surface area contributed by atoms with Gasteiger partial charge >= 0.3 is 0 Å². The average Bonchev–Trinajstić information content (AvgIpc) is 2.29. The first-order chi connectivity index (χ1) is 8.08. The average molecular weight is 236 g/mol. The highest BCUT2D eigenvalue weighted by molar-refractivity contribution is 5.93. The van der Waals surface area contributed by atoms with Crippen LogP contribution in [0.5, 0.6) is 5.75 Å². The molecule has 1 aromatic carbocycles. The topological polar surface area (TPSA) is 50.4 Å². The van der Waals surface area contributed by atoms with Gasteiger partial charge in [0, 0.05) is 0 Å². The second kappa shape index (κ2) is 6.25. The van der Waals surface area contributed by atoms with Crippen molar-refractivity contribution >= 4 is 11.6 Å². The number of ether oxygens (including phenoxy) is 1. The molecule has 0 aliphatic rings. The van der Waals surface area contributed by atoms with E-state index in [1.807, 2.05) is 18.2 Å². The summed E-state index contributed by atoms with van der Waals surface area (Å²) in [6.45, 7) is 4.52. The normalized spacial score (nSPS) is 10.4. The van der Waals surface area contributed by atoms with Crippen LogP contribution < -0.4 is 15.4 Å². The van der Waals surface area contributed by atoms with Crippen LogP contribution in [0.15, 0.2) is 18.2 Å². The first kappa shape index (κ1) is 13.5. The molecule has 0 aromatic heterocycles. The number of nitrogens with one attached hydrogen (secondary N) is 2. The second-order valence-corrected chi connectivity index (χ2v) is 4.19. The number of rotatable bonds is 5. The van der Waals surface area contributed by atoms with Crippen molar-refractivity contribution in [1.29, 1.82) is 0 Å². The van der Waals surface area contributed by atoms with E-state index in [2.05, 4.69) is 24.5 Å². The molecule has 0 atom stereocenters. The van der Waals surface area contributed by atoms with Crippen LogP contribution in [-0.4, -0.2) is 26.6 Å². The molecular formula is C13H20N2O2. The van der Waals surface area contributed by atoms with E-state index < -0.39 is 0 Å². The number of benzene rings is 1. The summed E-state index contributed by atoms with van der Waals surface area (Å²) in [4.78, 5) is 11.5. The molecule has 1 aromatic rings. The number of hydrogen-bond donors (Lipinski definition) is 2. The van der Waals surface area contributed by atoms with E-state index in [0.717, 1.165) is 0 Å². The fourth-order valence-corrected chi connectivity index (χ4v) is 1.53. The van der Waals surface area contributed by atoms with E-state index in [-0.39, 0.29) is 12.5 Å². The predicted molar refractivity (Wildman–Crippen MR) is 69.6 cm³/mol. The summed E-state index contributed by atoms with van der Waals surface area (Å²) in [7, 11) is 3.34. The Kier molecular flexibility index (Phi) is 4.97. The standard InChI is InChI=1S/C13H20N2O2/c1-9(2)10-5-6-11(12(7-10)17-4)15-13(16)8-14-3/h5-7,9,14H,8H2,1-4H3,(H,15,16). The molecule has 2 N–H and O–H groups in total. The Hall–Kier alpha value is -1.55. The van der Waals surface area contributed by atoms with Crippen LogP contribution in [0, 0.1) is 0 Å². The van der Waals surface area contributed by atoms with E-state index in [1.54, 1.807) is 14.2 Å². The van der Waals surface area contributed by atoms with E-state index in [9.17, 15) is 4.79 Å². The van der Waals surface area contributed by atoms with Gasteiger partial charge in [-0.2, -0.15) is 0 Å². The Balaban J connectivity index is 2.89. The van der Waals surface area contributed by atoms with Crippen molar-refractivity contribution in [3.05, 3.63) is 23.8 Å². The molecule has 0 aliphatic heterocycles. The van der Waals surface area contributed by atoms with Crippen LogP contribution in [0.1, 0.15) is 25.3 Å². The SMILES string of the molecule is CNCC(=O)Nc1ccc(C(C)C)cc1OC. The molecule has 0 aliphatic carbocycles. The zero-order valence-corrected chi connectivity index (χ0v) is 10.8. The molecule has 4 heteroatoms. The zero-order valence-electron chi connectivity index (χ0n) is 10.8. The van der Waals surface area contributed by atoms with Gasteiger partial charge in [0.1, 0.15) is 5.75 Å². The fraction of sp³-hybridized carbons (Fsp3) is 0.462. The smallest absolute Gasteiger partial charge is 0.238 e. The Morgan fingerprint density at radius 3 is 2.65 bits per heavy atom. The highest BCUT2D eigenvalue weighted by Gasteiger charge is 2.09. The molecule has 0 fully saturated rings. The third-order valence-electron chi connectivity index (χ3n) is 2.50. The number of methoxy groups -OCH3 is 1. The van der Waals surface area contributed by atoms with Crippen molar-refractivity contribution in [2.45, 2.75) is 19.8 Å². The van der Waals surface area contributed by atoms with E-state index in [0.29, 0.717) is 17.4 Å². The van der Waals surface area contributed by atoms with Gasteiger partial charge in [0.05, 0.1) is 19.3 Å². The van der Waals surface area contributed by atoms with Crippen molar-refractivity contribution in [2.75, 3.05) is 26.0 Å². The summed E-state index contributed by atoms with van der Waals surface area (Å²) in [6.07, 6.45) is 0. The van der Waals surface area contributed by atoms with Gasteiger partial charge in [-0.05, 0) is 30.7 Å². The van der Waals surface area contributed by atoms with Crippen molar-refractivity contribution < 1.29 is 9.53 Å². The number of carbonyl (C=O) groups is 1. The number of hydrogen-bond acceptors (Lipinski definition) is 3. The molecule has 1 rings (SSSR count). The summed E-state index contributed by atoms with van der Waals surface area (Å²) >= 11 is 0. The van der Waals surface area contributed by atoms with Crippen LogP contribution >= 0.6 is 0 Å². The second-order valence-electron chi connectivity index (χ2n) is 4.19. The largest absolute Gasteiger partial charge is 0.495 e. The quantitative estimate of drug-likeness (QED) is 0.822. The monoisotopic (exact) mass is 236 g/mol. The van der Waals surface area contributed by atoms with Crippen molar-refractivity contribution in [3.8, 4) is 5.75 Å². The Morgan fingerprint density at radius 1 is 1.41 bits per heavy atom. The van der Waals surface area contributed by atoms with Crippen LogP contribution in [0.25, 0.3) is 0 Å². The summed E-state index contributed by atoms with van der Waals surface area (Å²) < 4.78 is 5.28. The lowest BCUT2D eigenvalue weighted by atomic mass is 10.0. The van der Waals surface area contributed by atoms with Gasteiger partial charge in [-0.1, -0.05) is 19.9 Å². The zero-order chi connectivity index (χ0) is 12.8. The van der Waals surface area contributed by atoms with Crippen molar-refractivity contribution in [2.24, 2.45) is 0 Å². The Labute approximate surface area is 102 Å². The van der Waals surface area contributed by atoms with E-state index >= 15 is 0 Å². The minimum Gasteiger partial charge on any atom is -0.495 e. The van der Waals surface area contributed by atoms with Crippen LogP contribution in [0.4, 0.5) is 5.69 Å². The maximum Gasteiger partial charge on any atom is 0.238 e. The number of carbonyl (C=O) groups excluding carboxylic acids is 1. The molecule has 0 saturated carbocycles. The lowest BCUT2D eigenvalue weighted by Crippen LogP contribution is -2.25. The van der Waals surface area contributed by atoms with Gasteiger partial charge in [-0.25, -0.2) is 0 Å². The number of amides is 1. The molecule has 0 saturated heterocycles. The van der Waals surface area contributed by atoms with Crippen molar-refractivity contribution in [3.63, 3.8) is 0 Å². The van der Waals surface area contributed by atoms with Gasteiger partial charge in [-0.3, -0.25) is 4.79 Å². The highest BCUT2D eigenvalue weighted by Crippen LogP contribution is 2.28. The molecule has 0 spiro atoms. The Bertz CT molecular complexity index is 389. The molecule has 0 unspecified atom stereocenters. The van der Waals surface area contributed by atoms with Gasteiger partial charge < -0.3 is 15.4 Å². The highest BCUT2D eigenvalue weighted by atomic mass is 16.5. The van der Waals surface area contributed by atoms with Gasteiger partial charge in [-0.15, -0.1) is 0 Å². The van der Waals surface area contributed by atoms with Gasteiger partial charge in [0.15, 0.2) is 0 Å². The molecule has 1 amide bonds. The molecule has 0 bridgehead atoms. The number of likely N-dealkylation sites (N-methyl/N-ethyl adjacent to an activating group) is 1. The van der Waals surface area contributed by atoms with Crippen LogP contribution in [-0.2, 0) is 4.79 Å². The minimum atomic E-state index is -0.0805. The molecule has 0 radical (unpaired) electrons. The molecule has 94 valence electrons. The fourth-order valence-electron chi connectivity index (χ4n) is 1.53. The maximum atomic E-state index is 11.5.